The number of halogens is 2. The normalized spacial score (nSPS) is 14.0. The van der Waals surface area contributed by atoms with Gasteiger partial charge in [-0.2, -0.15) is 0 Å². The van der Waals surface area contributed by atoms with Crippen LogP contribution >= 0.6 is 0 Å². The largest absolute Gasteiger partial charge is 0.491 e. The minimum absolute atomic E-state index is 0.107. The van der Waals surface area contributed by atoms with Gasteiger partial charge in [0.1, 0.15) is 24.8 Å². The maximum absolute atomic E-state index is 13.9. The molecule has 0 saturated carbocycles. The number of nitrogens with one attached hydrogen (secondary N) is 1. The van der Waals surface area contributed by atoms with Gasteiger partial charge in [0.05, 0.1) is 11.1 Å². The van der Waals surface area contributed by atoms with Crippen LogP contribution in [0.1, 0.15) is 18.1 Å². The zero-order valence-corrected chi connectivity index (χ0v) is 15.7. The fourth-order valence-electron chi connectivity index (χ4n) is 3.62. The molecule has 7 heteroatoms. The van der Waals surface area contributed by atoms with E-state index in [0.29, 0.717) is 28.8 Å². The lowest BCUT2D eigenvalue weighted by molar-refractivity contribution is -0.122. The summed E-state index contributed by atoms with van der Waals surface area (Å²) in [6, 6.07) is 10.9. The summed E-state index contributed by atoms with van der Waals surface area (Å²) in [4.78, 5) is 25.3. The van der Waals surface area contributed by atoms with Crippen LogP contribution in [0.5, 0.6) is 5.75 Å². The molecule has 0 bridgehead atoms. The molecule has 2 amide bonds. The summed E-state index contributed by atoms with van der Waals surface area (Å²) in [7, 11) is 0. The van der Waals surface area contributed by atoms with Gasteiger partial charge in [0.25, 0.3) is 11.8 Å². The molecule has 0 radical (unpaired) electrons. The van der Waals surface area contributed by atoms with E-state index in [1.807, 2.05) is 11.5 Å². The topological polar surface area (TPSA) is 60.3 Å². The van der Waals surface area contributed by atoms with Gasteiger partial charge in [0.15, 0.2) is 0 Å². The predicted octanol–water partition coefficient (Wildman–Crippen LogP) is 3.72. The maximum atomic E-state index is 13.9. The van der Waals surface area contributed by atoms with Crippen LogP contribution in [0, 0.1) is 5.82 Å². The number of aryl methyl sites for hydroxylation is 1. The molecule has 4 rings (SSSR count). The van der Waals surface area contributed by atoms with Gasteiger partial charge in [0, 0.05) is 29.2 Å². The number of rotatable bonds is 6. The molecule has 0 fully saturated rings. The Labute approximate surface area is 165 Å². The summed E-state index contributed by atoms with van der Waals surface area (Å²) in [5.41, 5.74) is 2.08. The van der Waals surface area contributed by atoms with Crippen molar-refractivity contribution in [2.75, 3.05) is 13.3 Å². The quantitative estimate of drug-likeness (QED) is 0.646. The van der Waals surface area contributed by atoms with E-state index in [2.05, 4.69) is 5.32 Å². The number of fused-ring (bicyclic) bond motifs is 1. The number of hydrogen-bond acceptors (Lipinski definition) is 3. The molecule has 1 aliphatic rings. The van der Waals surface area contributed by atoms with Crippen molar-refractivity contribution in [2.45, 2.75) is 13.5 Å². The molecule has 2 aromatic carbocycles. The van der Waals surface area contributed by atoms with Crippen molar-refractivity contribution in [1.82, 2.24) is 9.88 Å². The van der Waals surface area contributed by atoms with E-state index in [4.69, 9.17) is 4.74 Å². The van der Waals surface area contributed by atoms with E-state index < -0.39 is 24.3 Å². The highest BCUT2D eigenvalue weighted by atomic mass is 19.1. The van der Waals surface area contributed by atoms with Crippen molar-refractivity contribution in [2.24, 2.45) is 0 Å². The fourth-order valence-corrected chi connectivity index (χ4v) is 3.62. The van der Waals surface area contributed by atoms with Crippen molar-refractivity contribution in [3.8, 4) is 5.75 Å². The number of carbonyl (C=O) groups excluding carboxylic acids is 2. The summed E-state index contributed by atoms with van der Waals surface area (Å²) >= 11 is 0. The average Bonchev–Trinajstić information content (AvgIpc) is 3.21. The molecular formula is C22H18F2N2O3. The molecule has 0 aliphatic carbocycles. The van der Waals surface area contributed by atoms with Crippen molar-refractivity contribution in [3.63, 3.8) is 0 Å². The standard InChI is InChI=1S/C22H18F2N2O3/c1-2-26-12-17(16-11-14(24)6-7-18(16)26)20-19(21(27)25-22(20)28)13-4-3-5-15(10-13)29-9-8-23/h3-7,10-12H,2,8-9H2,1H3,(H,25,27,28). The second kappa shape index (κ2) is 7.50. The highest BCUT2D eigenvalue weighted by Gasteiger charge is 2.34. The molecule has 1 aliphatic heterocycles. The zero-order chi connectivity index (χ0) is 20.5. The SMILES string of the molecule is CCn1cc(C2=C(c3cccc(OCCF)c3)C(=O)NC2=O)c2cc(F)ccc21. The third-order valence-electron chi connectivity index (χ3n) is 4.85. The predicted molar refractivity (Wildman–Crippen MR) is 105 cm³/mol. The molecule has 148 valence electrons. The molecule has 0 unspecified atom stereocenters. The summed E-state index contributed by atoms with van der Waals surface area (Å²) in [6.45, 7) is 1.81. The number of carbonyl (C=O) groups is 2. The smallest absolute Gasteiger partial charge is 0.259 e. The van der Waals surface area contributed by atoms with E-state index >= 15 is 0 Å². The van der Waals surface area contributed by atoms with Gasteiger partial charge in [-0.05, 0) is 42.8 Å². The molecular weight excluding hydrogens is 378 g/mol. The lowest BCUT2D eigenvalue weighted by Crippen LogP contribution is -2.22. The van der Waals surface area contributed by atoms with Crippen LogP contribution in [0.25, 0.3) is 22.0 Å². The van der Waals surface area contributed by atoms with E-state index in [1.165, 1.54) is 12.1 Å². The molecule has 2 heterocycles. The van der Waals surface area contributed by atoms with Crippen molar-refractivity contribution in [3.05, 3.63) is 65.6 Å². The molecule has 1 N–H and O–H groups in total. The van der Waals surface area contributed by atoms with Gasteiger partial charge < -0.3 is 9.30 Å². The first-order valence-corrected chi connectivity index (χ1v) is 9.21. The minimum Gasteiger partial charge on any atom is -0.491 e. The van der Waals surface area contributed by atoms with Crippen LogP contribution in [-0.4, -0.2) is 29.7 Å². The van der Waals surface area contributed by atoms with Crippen LogP contribution in [0.3, 0.4) is 0 Å². The zero-order valence-electron chi connectivity index (χ0n) is 15.7. The summed E-state index contributed by atoms with van der Waals surface area (Å²) < 4.78 is 33.6. The first-order chi connectivity index (χ1) is 14.0. The van der Waals surface area contributed by atoms with Crippen LogP contribution in [0.15, 0.2) is 48.7 Å². The van der Waals surface area contributed by atoms with Crippen LogP contribution in [-0.2, 0) is 16.1 Å². The Kier molecular flexibility index (Phi) is 4.88. The van der Waals surface area contributed by atoms with Gasteiger partial charge >= 0.3 is 0 Å². The van der Waals surface area contributed by atoms with Crippen molar-refractivity contribution in [1.29, 1.82) is 0 Å². The maximum Gasteiger partial charge on any atom is 0.259 e. The van der Waals surface area contributed by atoms with Gasteiger partial charge in [-0.15, -0.1) is 0 Å². The number of amides is 2. The number of hydrogen-bond donors (Lipinski definition) is 1. The van der Waals surface area contributed by atoms with Crippen LogP contribution in [0.2, 0.25) is 0 Å². The Morgan fingerprint density at radius 2 is 1.86 bits per heavy atom. The van der Waals surface area contributed by atoms with Crippen molar-refractivity contribution < 1.29 is 23.1 Å². The van der Waals surface area contributed by atoms with Crippen LogP contribution in [0.4, 0.5) is 8.78 Å². The number of imide groups is 1. The lowest BCUT2D eigenvalue weighted by atomic mass is 9.96. The average molecular weight is 396 g/mol. The number of alkyl halides is 1. The van der Waals surface area contributed by atoms with E-state index in [1.54, 1.807) is 36.5 Å². The summed E-state index contributed by atoms with van der Waals surface area (Å²) in [5.74, 6) is -1.12. The highest BCUT2D eigenvalue weighted by Crippen LogP contribution is 2.37. The second-order valence-electron chi connectivity index (χ2n) is 6.59. The van der Waals surface area contributed by atoms with Crippen molar-refractivity contribution >= 4 is 33.9 Å². The Bertz CT molecular complexity index is 1160. The van der Waals surface area contributed by atoms with Gasteiger partial charge in [-0.25, -0.2) is 8.78 Å². The van der Waals surface area contributed by atoms with E-state index in [-0.39, 0.29) is 17.8 Å². The Morgan fingerprint density at radius 1 is 1.07 bits per heavy atom. The first kappa shape index (κ1) is 18.9. The van der Waals surface area contributed by atoms with Crippen LogP contribution < -0.4 is 10.1 Å². The summed E-state index contributed by atoms with van der Waals surface area (Å²) in [5, 5.41) is 2.88. The molecule has 1 aromatic heterocycles. The number of aromatic nitrogens is 1. The third kappa shape index (κ3) is 3.29. The van der Waals surface area contributed by atoms with E-state index in [9.17, 15) is 18.4 Å². The molecule has 0 saturated heterocycles. The Balaban J connectivity index is 1.94. The minimum atomic E-state index is -0.640. The van der Waals surface area contributed by atoms with Gasteiger partial charge in [-0.1, -0.05) is 12.1 Å². The molecule has 0 atom stereocenters. The number of ether oxygens (including phenoxy) is 1. The fraction of sp³-hybridized carbons (Fsp3) is 0.182. The monoisotopic (exact) mass is 396 g/mol. The Hall–Kier alpha value is -3.48. The molecule has 5 nitrogen and oxygen atoms in total. The third-order valence-corrected chi connectivity index (χ3v) is 4.85. The lowest BCUT2D eigenvalue weighted by Gasteiger charge is -2.08. The van der Waals surface area contributed by atoms with Gasteiger partial charge in [-0.3, -0.25) is 14.9 Å². The van der Waals surface area contributed by atoms with Gasteiger partial charge in [0.2, 0.25) is 0 Å². The van der Waals surface area contributed by atoms with E-state index in [0.717, 1.165) is 5.52 Å². The number of nitrogens with zero attached hydrogens (tertiary/aromatic N) is 1. The Morgan fingerprint density at radius 3 is 2.62 bits per heavy atom. The number of benzene rings is 2. The second-order valence-corrected chi connectivity index (χ2v) is 6.59. The molecule has 3 aromatic rings. The highest BCUT2D eigenvalue weighted by molar-refractivity contribution is 6.50. The molecule has 29 heavy (non-hydrogen) atoms. The first-order valence-electron chi connectivity index (χ1n) is 9.21. The summed E-state index contributed by atoms with van der Waals surface area (Å²) in [6.07, 6.45) is 1.75. The molecule has 0 spiro atoms.